The fourth-order valence-electron chi connectivity index (χ4n) is 1.85. The third kappa shape index (κ3) is 3.61. The molecule has 20 heavy (non-hydrogen) atoms. The van der Waals surface area contributed by atoms with Crippen molar-refractivity contribution in [3.05, 3.63) is 59.7 Å². The summed E-state index contributed by atoms with van der Waals surface area (Å²) in [5.41, 5.74) is 3.66. The highest BCUT2D eigenvalue weighted by Gasteiger charge is 2.06. The minimum Gasteiger partial charge on any atom is -0.378 e. The molecule has 104 valence electrons. The van der Waals surface area contributed by atoms with Crippen LogP contribution in [0.3, 0.4) is 0 Å². The van der Waals surface area contributed by atoms with E-state index in [4.69, 9.17) is 0 Å². The lowest BCUT2D eigenvalue weighted by atomic mass is 10.1. The van der Waals surface area contributed by atoms with Gasteiger partial charge in [-0.1, -0.05) is 28.1 Å². The van der Waals surface area contributed by atoms with E-state index in [9.17, 15) is 4.79 Å². The molecular formula is C16H17BrN2O. The Hall–Kier alpha value is -1.81. The van der Waals surface area contributed by atoms with Crippen molar-refractivity contribution in [3.63, 3.8) is 0 Å². The number of hydrogen-bond acceptors (Lipinski definition) is 2. The smallest absolute Gasteiger partial charge is 0.255 e. The van der Waals surface area contributed by atoms with Gasteiger partial charge in [-0.3, -0.25) is 4.79 Å². The van der Waals surface area contributed by atoms with Gasteiger partial charge in [0.05, 0.1) is 0 Å². The predicted octanol–water partition coefficient (Wildman–Crippen LogP) is 3.90. The van der Waals surface area contributed by atoms with Crippen LogP contribution in [0.15, 0.2) is 48.5 Å². The largest absolute Gasteiger partial charge is 0.378 e. The van der Waals surface area contributed by atoms with Crippen molar-refractivity contribution < 1.29 is 4.79 Å². The van der Waals surface area contributed by atoms with Gasteiger partial charge >= 0.3 is 0 Å². The fourth-order valence-corrected chi connectivity index (χ4v) is 2.20. The summed E-state index contributed by atoms with van der Waals surface area (Å²) in [6.07, 6.45) is 0. The van der Waals surface area contributed by atoms with Crippen molar-refractivity contribution >= 4 is 33.2 Å². The molecule has 0 aliphatic rings. The number of amides is 1. The van der Waals surface area contributed by atoms with E-state index in [2.05, 4.69) is 21.2 Å². The Morgan fingerprint density at radius 2 is 1.85 bits per heavy atom. The molecule has 0 atom stereocenters. The second-order valence-corrected chi connectivity index (χ2v) is 5.29. The third-order valence-electron chi connectivity index (χ3n) is 2.99. The molecule has 2 aromatic carbocycles. The van der Waals surface area contributed by atoms with Crippen LogP contribution in [0.2, 0.25) is 0 Å². The highest BCUT2D eigenvalue weighted by molar-refractivity contribution is 9.08. The van der Waals surface area contributed by atoms with E-state index in [-0.39, 0.29) is 5.91 Å². The van der Waals surface area contributed by atoms with E-state index in [1.54, 1.807) is 0 Å². The first-order valence-electron chi connectivity index (χ1n) is 6.34. The van der Waals surface area contributed by atoms with Gasteiger partial charge in [0.15, 0.2) is 0 Å². The summed E-state index contributed by atoms with van der Waals surface area (Å²) in [6, 6.07) is 15.3. The van der Waals surface area contributed by atoms with Crippen LogP contribution in [-0.4, -0.2) is 20.0 Å². The van der Waals surface area contributed by atoms with Crippen LogP contribution in [0.4, 0.5) is 11.4 Å². The van der Waals surface area contributed by atoms with Crippen LogP contribution in [0, 0.1) is 0 Å². The molecule has 2 rings (SSSR count). The van der Waals surface area contributed by atoms with Crippen molar-refractivity contribution in [1.82, 2.24) is 0 Å². The number of carbonyl (C=O) groups is 1. The highest BCUT2D eigenvalue weighted by Crippen LogP contribution is 2.16. The van der Waals surface area contributed by atoms with Crippen molar-refractivity contribution in [2.24, 2.45) is 0 Å². The summed E-state index contributed by atoms with van der Waals surface area (Å²) < 4.78 is 0. The molecule has 1 N–H and O–H groups in total. The number of carbonyl (C=O) groups excluding carboxylic acids is 1. The molecule has 3 nitrogen and oxygen atoms in total. The number of halogens is 1. The molecule has 0 spiro atoms. The minimum absolute atomic E-state index is 0.0953. The quantitative estimate of drug-likeness (QED) is 0.861. The van der Waals surface area contributed by atoms with Gasteiger partial charge in [0.1, 0.15) is 0 Å². The number of nitrogens with one attached hydrogen (secondary N) is 1. The second kappa shape index (κ2) is 6.57. The maximum Gasteiger partial charge on any atom is 0.255 e. The first-order valence-corrected chi connectivity index (χ1v) is 7.46. The molecule has 0 saturated carbocycles. The normalized spacial score (nSPS) is 10.2. The van der Waals surface area contributed by atoms with Gasteiger partial charge in [-0.15, -0.1) is 0 Å². The number of alkyl halides is 1. The van der Waals surface area contributed by atoms with Crippen LogP contribution in [0.5, 0.6) is 0 Å². The average Bonchev–Trinajstić information content (AvgIpc) is 2.47. The van der Waals surface area contributed by atoms with E-state index >= 15 is 0 Å². The van der Waals surface area contributed by atoms with Crippen molar-refractivity contribution in [1.29, 1.82) is 0 Å². The molecule has 0 aliphatic carbocycles. The number of benzene rings is 2. The first-order chi connectivity index (χ1) is 9.60. The van der Waals surface area contributed by atoms with Crippen molar-refractivity contribution in [2.75, 3.05) is 24.3 Å². The maximum absolute atomic E-state index is 12.2. The summed E-state index contributed by atoms with van der Waals surface area (Å²) in [5, 5.41) is 3.68. The molecule has 1 amide bonds. The molecular weight excluding hydrogens is 316 g/mol. The number of nitrogens with zero attached hydrogens (tertiary/aromatic N) is 1. The number of hydrogen-bond donors (Lipinski definition) is 1. The van der Waals surface area contributed by atoms with Crippen LogP contribution in [-0.2, 0) is 5.33 Å². The van der Waals surface area contributed by atoms with Gasteiger partial charge in [-0.2, -0.15) is 0 Å². The lowest BCUT2D eigenvalue weighted by molar-refractivity contribution is 0.102. The summed E-state index contributed by atoms with van der Waals surface area (Å²) in [5.74, 6) is -0.0953. The Balaban J connectivity index is 2.11. The molecule has 0 aliphatic heterocycles. The van der Waals surface area contributed by atoms with Crippen molar-refractivity contribution in [3.8, 4) is 0 Å². The lowest BCUT2D eigenvalue weighted by Gasteiger charge is -2.12. The maximum atomic E-state index is 12.2. The van der Waals surface area contributed by atoms with E-state index < -0.39 is 0 Å². The zero-order valence-corrected chi connectivity index (χ0v) is 13.1. The summed E-state index contributed by atoms with van der Waals surface area (Å²) in [7, 11) is 3.95. The van der Waals surface area contributed by atoms with E-state index in [1.165, 1.54) is 0 Å². The molecule has 0 aromatic heterocycles. The minimum atomic E-state index is -0.0953. The SMILES string of the molecule is CN(C)c1ccc(C(=O)Nc2cccc(CBr)c2)cc1. The first kappa shape index (κ1) is 14.6. The Kier molecular flexibility index (Phi) is 4.79. The molecule has 0 fully saturated rings. The highest BCUT2D eigenvalue weighted by atomic mass is 79.9. The Morgan fingerprint density at radius 3 is 2.45 bits per heavy atom. The molecule has 2 aromatic rings. The third-order valence-corrected chi connectivity index (χ3v) is 3.63. The second-order valence-electron chi connectivity index (χ2n) is 4.73. The van der Waals surface area contributed by atoms with E-state index in [0.29, 0.717) is 5.56 Å². The molecule has 0 heterocycles. The Morgan fingerprint density at radius 1 is 1.15 bits per heavy atom. The fraction of sp³-hybridized carbons (Fsp3) is 0.188. The van der Waals surface area contributed by atoms with Crippen LogP contribution in [0.1, 0.15) is 15.9 Å². The zero-order valence-electron chi connectivity index (χ0n) is 11.6. The van der Waals surface area contributed by atoms with E-state index in [0.717, 1.165) is 22.3 Å². The molecule has 4 heteroatoms. The van der Waals surface area contributed by atoms with Crippen LogP contribution in [0.25, 0.3) is 0 Å². The monoisotopic (exact) mass is 332 g/mol. The summed E-state index contributed by atoms with van der Waals surface area (Å²) in [6.45, 7) is 0. The predicted molar refractivity (Wildman–Crippen MR) is 87.8 cm³/mol. The Bertz CT molecular complexity index is 594. The number of rotatable bonds is 4. The lowest BCUT2D eigenvalue weighted by Crippen LogP contribution is -2.13. The van der Waals surface area contributed by atoms with Crippen LogP contribution >= 0.6 is 15.9 Å². The van der Waals surface area contributed by atoms with Gasteiger partial charge in [-0.25, -0.2) is 0 Å². The topological polar surface area (TPSA) is 32.3 Å². The van der Waals surface area contributed by atoms with Gasteiger partial charge in [0.25, 0.3) is 5.91 Å². The average molecular weight is 333 g/mol. The van der Waals surface area contributed by atoms with Gasteiger partial charge in [-0.05, 0) is 42.0 Å². The van der Waals surface area contributed by atoms with Crippen molar-refractivity contribution in [2.45, 2.75) is 5.33 Å². The zero-order chi connectivity index (χ0) is 14.5. The molecule has 0 radical (unpaired) electrons. The van der Waals surface area contributed by atoms with Crippen LogP contribution < -0.4 is 10.2 Å². The van der Waals surface area contributed by atoms with Gasteiger partial charge in [0.2, 0.25) is 0 Å². The molecule has 0 bridgehead atoms. The number of anilines is 2. The summed E-state index contributed by atoms with van der Waals surface area (Å²) >= 11 is 3.41. The molecule has 0 unspecified atom stereocenters. The molecule has 0 saturated heterocycles. The standard InChI is InChI=1S/C16H17BrN2O/c1-19(2)15-8-6-13(7-9-15)16(20)18-14-5-3-4-12(10-14)11-17/h3-10H,11H2,1-2H3,(H,18,20). The summed E-state index contributed by atoms with van der Waals surface area (Å²) in [4.78, 5) is 14.2. The van der Waals surface area contributed by atoms with E-state index in [1.807, 2.05) is 67.5 Å². The van der Waals surface area contributed by atoms with Gasteiger partial charge in [0, 0.05) is 36.4 Å². The Labute approximate surface area is 127 Å². The van der Waals surface area contributed by atoms with Gasteiger partial charge < -0.3 is 10.2 Å².